The van der Waals surface area contributed by atoms with Crippen molar-refractivity contribution in [3.63, 3.8) is 0 Å². The van der Waals surface area contributed by atoms with Gasteiger partial charge in [0.05, 0.1) is 7.11 Å². The van der Waals surface area contributed by atoms with Gasteiger partial charge in [0.25, 0.3) is 0 Å². The minimum absolute atomic E-state index is 0.544. The van der Waals surface area contributed by atoms with Gasteiger partial charge in [0.2, 0.25) is 5.88 Å². The molecule has 2 N–H and O–H groups in total. The molecular formula is C11H19N3O. The summed E-state index contributed by atoms with van der Waals surface area (Å²) < 4.78 is 5.13. The Labute approximate surface area is 90.9 Å². The van der Waals surface area contributed by atoms with Crippen LogP contribution in [0.2, 0.25) is 0 Å². The molecule has 0 fully saturated rings. The molecule has 1 heterocycles. The van der Waals surface area contributed by atoms with Gasteiger partial charge in [0, 0.05) is 24.6 Å². The van der Waals surface area contributed by atoms with Gasteiger partial charge < -0.3 is 10.5 Å². The molecule has 84 valence electrons. The fraction of sp³-hybridized carbons (Fsp3) is 0.636. The normalized spacial score (nSPS) is 10.7. The lowest BCUT2D eigenvalue weighted by molar-refractivity contribution is 0.392. The third-order valence-corrected chi connectivity index (χ3v) is 2.00. The molecule has 4 nitrogen and oxygen atoms in total. The third kappa shape index (κ3) is 3.83. The van der Waals surface area contributed by atoms with E-state index in [0.717, 1.165) is 24.4 Å². The Morgan fingerprint density at radius 3 is 2.67 bits per heavy atom. The molecule has 0 aliphatic heterocycles. The zero-order valence-electron chi connectivity index (χ0n) is 9.66. The van der Waals surface area contributed by atoms with Crippen LogP contribution in [0.25, 0.3) is 0 Å². The minimum atomic E-state index is 0.544. The second-order valence-corrected chi connectivity index (χ2v) is 3.95. The van der Waals surface area contributed by atoms with Gasteiger partial charge in [0.1, 0.15) is 5.82 Å². The number of hydrogen-bond donors (Lipinski definition) is 1. The fourth-order valence-electron chi connectivity index (χ4n) is 1.36. The minimum Gasteiger partial charge on any atom is -0.481 e. The van der Waals surface area contributed by atoms with E-state index in [1.165, 1.54) is 0 Å². The number of ether oxygens (including phenoxy) is 1. The number of nitrogens with two attached hydrogens (primary N) is 1. The van der Waals surface area contributed by atoms with Gasteiger partial charge >= 0.3 is 0 Å². The molecule has 4 heteroatoms. The molecule has 1 rings (SSSR count). The largest absolute Gasteiger partial charge is 0.481 e. The van der Waals surface area contributed by atoms with Crippen LogP contribution in [0.1, 0.15) is 25.4 Å². The Kier molecular flexibility index (Phi) is 4.49. The fourth-order valence-corrected chi connectivity index (χ4v) is 1.36. The average molecular weight is 209 g/mol. The molecule has 0 unspecified atom stereocenters. The van der Waals surface area contributed by atoms with E-state index >= 15 is 0 Å². The highest BCUT2D eigenvalue weighted by Gasteiger charge is 2.06. The predicted octanol–water partition coefficient (Wildman–Crippen LogP) is 1.18. The first-order valence-electron chi connectivity index (χ1n) is 5.26. The van der Waals surface area contributed by atoms with E-state index in [2.05, 4.69) is 23.8 Å². The summed E-state index contributed by atoms with van der Waals surface area (Å²) in [5, 5.41) is 0. The van der Waals surface area contributed by atoms with E-state index in [9.17, 15) is 0 Å². The molecule has 1 aromatic rings. The number of rotatable bonds is 5. The lowest BCUT2D eigenvalue weighted by Crippen LogP contribution is -2.09. The van der Waals surface area contributed by atoms with Crippen molar-refractivity contribution >= 4 is 0 Å². The van der Waals surface area contributed by atoms with E-state index in [0.29, 0.717) is 18.3 Å². The molecule has 0 aliphatic rings. The maximum Gasteiger partial charge on any atom is 0.216 e. The zero-order chi connectivity index (χ0) is 11.3. The van der Waals surface area contributed by atoms with Gasteiger partial charge in [-0.05, 0) is 12.5 Å². The van der Waals surface area contributed by atoms with Crippen LogP contribution >= 0.6 is 0 Å². The van der Waals surface area contributed by atoms with Crippen molar-refractivity contribution in [3.8, 4) is 5.88 Å². The van der Waals surface area contributed by atoms with Gasteiger partial charge in [-0.1, -0.05) is 13.8 Å². The van der Waals surface area contributed by atoms with Gasteiger partial charge in [-0.25, -0.2) is 4.98 Å². The Balaban J connectivity index is 2.89. The highest BCUT2D eigenvalue weighted by molar-refractivity contribution is 5.16. The van der Waals surface area contributed by atoms with E-state index in [-0.39, 0.29) is 0 Å². The summed E-state index contributed by atoms with van der Waals surface area (Å²) in [7, 11) is 1.62. The maximum absolute atomic E-state index is 5.50. The molecule has 0 atom stereocenters. The quantitative estimate of drug-likeness (QED) is 0.791. The number of aromatic nitrogens is 2. The second kappa shape index (κ2) is 5.66. The van der Waals surface area contributed by atoms with Crippen LogP contribution < -0.4 is 10.5 Å². The molecule has 0 spiro atoms. The van der Waals surface area contributed by atoms with Gasteiger partial charge in [0.15, 0.2) is 0 Å². The molecule has 0 amide bonds. The van der Waals surface area contributed by atoms with Crippen LogP contribution in [0.3, 0.4) is 0 Å². The smallest absolute Gasteiger partial charge is 0.216 e. The average Bonchev–Trinajstić information content (AvgIpc) is 2.16. The number of methoxy groups -OCH3 is 1. The molecule has 0 bridgehead atoms. The first-order valence-corrected chi connectivity index (χ1v) is 5.26. The van der Waals surface area contributed by atoms with Crippen molar-refractivity contribution in [2.45, 2.75) is 26.7 Å². The lowest BCUT2D eigenvalue weighted by atomic mass is 10.1. The Bertz CT molecular complexity index is 313. The molecular weight excluding hydrogens is 190 g/mol. The number of nitrogens with zero attached hydrogens (tertiary/aromatic N) is 2. The van der Waals surface area contributed by atoms with Crippen molar-refractivity contribution in [3.05, 3.63) is 17.6 Å². The molecule has 0 aromatic carbocycles. The molecule has 1 aromatic heterocycles. The molecule has 0 saturated carbocycles. The SMILES string of the molecule is COc1cc(CCN)nc(CC(C)C)n1. The van der Waals surface area contributed by atoms with Crippen LogP contribution in [0, 0.1) is 5.92 Å². The van der Waals surface area contributed by atoms with Crippen LogP contribution in [0.15, 0.2) is 6.07 Å². The van der Waals surface area contributed by atoms with Crippen LogP contribution in [-0.4, -0.2) is 23.6 Å². The molecule has 0 saturated heterocycles. The summed E-state index contributed by atoms with van der Waals surface area (Å²) in [5.74, 6) is 2.01. The maximum atomic E-state index is 5.50. The first-order chi connectivity index (χ1) is 7.15. The highest BCUT2D eigenvalue weighted by Crippen LogP contribution is 2.11. The monoisotopic (exact) mass is 209 g/mol. The van der Waals surface area contributed by atoms with Crippen molar-refractivity contribution in [1.29, 1.82) is 0 Å². The molecule has 0 aliphatic carbocycles. The Morgan fingerprint density at radius 1 is 1.40 bits per heavy atom. The summed E-state index contributed by atoms with van der Waals surface area (Å²) in [6.07, 6.45) is 1.64. The summed E-state index contributed by atoms with van der Waals surface area (Å²) in [4.78, 5) is 8.74. The van der Waals surface area contributed by atoms with E-state index in [4.69, 9.17) is 10.5 Å². The van der Waals surface area contributed by atoms with Crippen LogP contribution in [0.4, 0.5) is 0 Å². The van der Waals surface area contributed by atoms with E-state index < -0.39 is 0 Å². The summed E-state index contributed by atoms with van der Waals surface area (Å²) in [5.41, 5.74) is 6.46. The summed E-state index contributed by atoms with van der Waals surface area (Å²) in [6, 6.07) is 1.84. The van der Waals surface area contributed by atoms with Crippen LogP contribution in [0.5, 0.6) is 5.88 Å². The Morgan fingerprint density at radius 2 is 2.13 bits per heavy atom. The molecule has 0 radical (unpaired) electrons. The van der Waals surface area contributed by atoms with Crippen molar-refractivity contribution in [2.24, 2.45) is 11.7 Å². The summed E-state index contributed by atoms with van der Waals surface area (Å²) in [6.45, 7) is 4.89. The Hall–Kier alpha value is -1.16. The number of hydrogen-bond acceptors (Lipinski definition) is 4. The standard InChI is InChI=1S/C11H19N3O/c1-8(2)6-10-13-9(4-5-12)7-11(14-10)15-3/h7-8H,4-6,12H2,1-3H3. The second-order valence-electron chi connectivity index (χ2n) is 3.95. The zero-order valence-corrected chi connectivity index (χ0v) is 9.66. The highest BCUT2D eigenvalue weighted by atomic mass is 16.5. The van der Waals surface area contributed by atoms with E-state index in [1.807, 2.05) is 6.07 Å². The van der Waals surface area contributed by atoms with Crippen molar-refractivity contribution in [2.75, 3.05) is 13.7 Å². The summed E-state index contributed by atoms with van der Waals surface area (Å²) >= 11 is 0. The van der Waals surface area contributed by atoms with Gasteiger partial charge in [-0.15, -0.1) is 0 Å². The van der Waals surface area contributed by atoms with Gasteiger partial charge in [-0.2, -0.15) is 4.98 Å². The van der Waals surface area contributed by atoms with Crippen molar-refractivity contribution < 1.29 is 4.74 Å². The first kappa shape index (κ1) is 11.9. The lowest BCUT2D eigenvalue weighted by Gasteiger charge is -2.08. The molecule has 15 heavy (non-hydrogen) atoms. The van der Waals surface area contributed by atoms with Crippen molar-refractivity contribution in [1.82, 2.24) is 9.97 Å². The van der Waals surface area contributed by atoms with Crippen LogP contribution in [-0.2, 0) is 12.8 Å². The third-order valence-electron chi connectivity index (χ3n) is 2.00. The predicted molar refractivity (Wildman–Crippen MR) is 59.9 cm³/mol. The van der Waals surface area contributed by atoms with Gasteiger partial charge in [-0.3, -0.25) is 0 Å². The van der Waals surface area contributed by atoms with E-state index in [1.54, 1.807) is 7.11 Å². The topological polar surface area (TPSA) is 61.0 Å².